The molecular weight excluding hydrogens is 150 g/mol. The van der Waals surface area contributed by atoms with Crippen LogP contribution in [-0.4, -0.2) is 5.78 Å². The summed E-state index contributed by atoms with van der Waals surface area (Å²) in [5.74, 6) is -0.0312. The topological polar surface area (TPSA) is 43.1 Å². The number of nitrogens with two attached hydrogens (primary N) is 1. The Hall–Kier alpha value is -1.57. The normalized spacial score (nSPS) is 11.2. The predicted octanol–water partition coefficient (Wildman–Crippen LogP) is 1.58. The third kappa shape index (κ3) is 2.23. The molecule has 0 radical (unpaired) electrons. The molecule has 0 heterocycles. The van der Waals surface area contributed by atoms with E-state index in [0.29, 0.717) is 5.70 Å². The highest BCUT2D eigenvalue weighted by atomic mass is 16.1. The van der Waals surface area contributed by atoms with Gasteiger partial charge in [-0.3, -0.25) is 4.79 Å². The number of allylic oxidation sites excluding steroid dienone is 1. The maximum Gasteiger partial charge on any atom is 0.154 e. The first-order valence-electron chi connectivity index (χ1n) is 3.73. The number of carbonyl (C=O) groups is 1. The second-order valence-electron chi connectivity index (χ2n) is 2.58. The van der Waals surface area contributed by atoms with Crippen LogP contribution >= 0.6 is 0 Å². The SMILES string of the molecule is CC(=O)/C=C(\N)c1ccccc1. The summed E-state index contributed by atoms with van der Waals surface area (Å²) in [5, 5.41) is 0. The summed E-state index contributed by atoms with van der Waals surface area (Å²) in [6, 6.07) is 9.42. The Morgan fingerprint density at radius 1 is 1.33 bits per heavy atom. The zero-order valence-corrected chi connectivity index (χ0v) is 6.95. The van der Waals surface area contributed by atoms with Gasteiger partial charge in [0.2, 0.25) is 0 Å². The molecule has 2 nitrogen and oxygen atoms in total. The number of carbonyl (C=O) groups excluding carboxylic acids is 1. The van der Waals surface area contributed by atoms with Crippen molar-refractivity contribution in [1.29, 1.82) is 0 Å². The predicted molar refractivity (Wildman–Crippen MR) is 49.3 cm³/mol. The molecule has 0 saturated carbocycles. The molecule has 0 fully saturated rings. The molecule has 0 aliphatic carbocycles. The number of rotatable bonds is 2. The van der Waals surface area contributed by atoms with Crippen molar-refractivity contribution in [2.24, 2.45) is 5.73 Å². The highest BCUT2D eigenvalue weighted by Gasteiger charge is 1.94. The van der Waals surface area contributed by atoms with Gasteiger partial charge in [0.25, 0.3) is 0 Å². The lowest BCUT2D eigenvalue weighted by Gasteiger charge is -1.98. The van der Waals surface area contributed by atoms with Gasteiger partial charge in [-0.25, -0.2) is 0 Å². The van der Waals surface area contributed by atoms with Gasteiger partial charge in [0.05, 0.1) is 0 Å². The molecule has 1 aromatic rings. The molecule has 12 heavy (non-hydrogen) atoms. The lowest BCUT2D eigenvalue weighted by Crippen LogP contribution is -1.98. The molecule has 0 atom stereocenters. The first-order valence-corrected chi connectivity index (χ1v) is 3.73. The van der Waals surface area contributed by atoms with Gasteiger partial charge in [-0.05, 0) is 12.5 Å². The van der Waals surface area contributed by atoms with E-state index < -0.39 is 0 Å². The molecule has 0 bridgehead atoms. The van der Waals surface area contributed by atoms with Gasteiger partial charge in [-0.2, -0.15) is 0 Å². The quantitative estimate of drug-likeness (QED) is 0.669. The lowest BCUT2D eigenvalue weighted by atomic mass is 10.1. The Morgan fingerprint density at radius 3 is 2.42 bits per heavy atom. The molecule has 1 rings (SSSR count). The van der Waals surface area contributed by atoms with E-state index in [1.54, 1.807) is 0 Å². The summed E-state index contributed by atoms with van der Waals surface area (Å²) in [6.07, 6.45) is 1.43. The molecule has 0 amide bonds. The van der Waals surface area contributed by atoms with E-state index in [1.807, 2.05) is 30.3 Å². The van der Waals surface area contributed by atoms with Gasteiger partial charge in [0.1, 0.15) is 0 Å². The van der Waals surface area contributed by atoms with Gasteiger partial charge in [0, 0.05) is 11.8 Å². The van der Waals surface area contributed by atoms with Gasteiger partial charge in [0.15, 0.2) is 5.78 Å². The zero-order valence-electron chi connectivity index (χ0n) is 6.95. The van der Waals surface area contributed by atoms with E-state index in [0.717, 1.165) is 5.56 Å². The van der Waals surface area contributed by atoms with E-state index in [1.165, 1.54) is 13.0 Å². The van der Waals surface area contributed by atoms with Crippen LogP contribution in [0.4, 0.5) is 0 Å². The van der Waals surface area contributed by atoms with Crippen LogP contribution in [0.3, 0.4) is 0 Å². The first-order chi connectivity index (χ1) is 5.70. The van der Waals surface area contributed by atoms with Crippen LogP contribution in [0.25, 0.3) is 5.70 Å². The van der Waals surface area contributed by atoms with E-state index >= 15 is 0 Å². The fourth-order valence-corrected chi connectivity index (χ4v) is 0.933. The molecule has 0 aliphatic heterocycles. The van der Waals surface area contributed by atoms with Crippen molar-refractivity contribution < 1.29 is 4.79 Å². The number of hydrogen-bond donors (Lipinski definition) is 1. The van der Waals surface area contributed by atoms with Crippen LogP contribution in [0.1, 0.15) is 12.5 Å². The number of ketones is 1. The fraction of sp³-hybridized carbons (Fsp3) is 0.100. The lowest BCUT2D eigenvalue weighted by molar-refractivity contribution is -0.112. The summed E-state index contributed by atoms with van der Waals surface area (Å²) in [5.41, 5.74) is 7.04. The van der Waals surface area contributed by atoms with Crippen LogP contribution in [0.5, 0.6) is 0 Å². The molecule has 1 aromatic carbocycles. The Balaban J connectivity index is 2.93. The van der Waals surface area contributed by atoms with Gasteiger partial charge in [-0.15, -0.1) is 0 Å². The smallest absolute Gasteiger partial charge is 0.154 e. The third-order valence-corrected chi connectivity index (χ3v) is 1.47. The van der Waals surface area contributed by atoms with Crippen molar-refractivity contribution in [1.82, 2.24) is 0 Å². The highest BCUT2D eigenvalue weighted by Crippen LogP contribution is 2.06. The molecule has 0 saturated heterocycles. The standard InChI is InChI=1S/C10H11NO/c1-8(12)7-10(11)9-5-3-2-4-6-9/h2-7H,11H2,1H3/b10-7-. The molecule has 0 unspecified atom stereocenters. The largest absolute Gasteiger partial charge is 0.398 e. The fourth-order valence-electron chi connectivity index (χ4n) is 0.933. The summed E-state index contributed by atoms with van der Waals surface area (Å²) < 4.78 is 0. The van der Waals surface area contributed by atoms with E-state index in [9.17, 15) is 4.79 Å². The summed E-state index contributed by atoms with van der Waals surface area (Å²) in [4.78, 5) is 10.7. The molecule has 2 heteroatoms. The van der Waals surface area contributed by atoms with Crippen molar-refractivity contribution in [2.45, 2.75) is 6.92 Å². The van der Waals surface area contributed by atoms with Crippen molar-refractivity contribution >= 4 is 11.5 Å². The van der Waals surface area contributed by atoms with Crippen LogP contribution in [-0.2, 0) is 4.79 Å². The average molecular weight is 161 g/mol. The number of hydrogen-bond acceptors (Lipinski definition) is 2. The van der Waals surface area contributed by atoms with Crippen molar-refractivity contribution in [3.05, 3.63) is 42.0 Å². The monoisotopic (exact) mass is 161 g/mol. The number of benzene rings is 1. The van der Waals surface area contributed by atoms with Gasteiger partial charge in [-0.1, -0.05) is 30.3 Å². The molecule has 0 aliphatic rings. The minimum absolute atomic E-state index is 0.0312. The second-order valence-corrected chi connectivity index (χ2v) is 2.58. The second kappa shape index (κ2) is 3.72. The Labute approximate surface area is 71.7 Å². The van der Waals surface area contributed by atoms with Gasteiger partial charge < -0.3 is 5.73 Å². The van der Waals surface area contributed by atoms with Crippen LogP contribution in [0.2, 0.25) is 0 Å². The average Bonchev–Trinajstić information content (AvgIpc) is 2.05. The van der Waals surface area contributed by atoms with Gasteiger partial charge >= 0.3 is 0 Å². The van der Waals surface area contributed by atoms with Crippen molar-refractivity contribution in [2.75, 3.05) is 0 Å². The minimum Gasteiger partial charge on any atom is -0.398 e. The molecule has 0 spiro atoms. The zero-order chi connectivity index (χ0) is 8.97. The summed E-state index contributed by atoms with van der Waals surface area (Å²) in [7, 11) is 0. The Morgan fingerprint density at radius 2 is 1.92 bits per heavy atom. The molecule has 62 valence electrons. The maximum absolute atomic E-state index is 10.7. The highest BCUT2D eigenvalue weighted by molar-refractivity contribution is 5.94. The first kappa shape index (κ1) is 8.53. The Kier molecular flexibility index (Phi) is 2.64. The van der Waals surface area contributed by atoms with Crippen LogP contribution in [0.15, 0.2) is 36.4 Å². The molecule has 2 N–H and O–H groups in total. The van der Waals surface area contributed by atoms with Crippen LogP contribution in [0, 0.1) is 0 Å². The van der Waals surface area contributed by atoms with Crippen molar-refractivity contribution in [3.8, 4) is 0 Å². The van der Waals surface area contributed by atoms with Crippen LogP contribution < -0.4 is 5.73 Å². The Bertz CT molecular complexity index is 301. The maximum atomic E-state index is 10.7. The van der Waals surface area contributed by atoms with Crippen molar-refractivity contribution in [3.63, 3.8) is 0 Å². The summed E-state index contributed by atoms with van der Waals surface area (Å²) in [6.45, 7) is 1.48. The summed E-state index contributed by atoms with van der Waals surface area (Å²) >= 11 is 0. The minimum atomic E-state index is -0.0312. The van der Waals surface area contributed by atoms with E-state index in [-0.39, 0.29) is 5.78 Å². The van der Waals surface area contributed by atoms with E-state index in [4.69, 9.17) is 5.73 Å². The van der Waals surface area contributed by atoms with E-state index in [2.05, 4.69) is 0 Å². The molecular formula is C10H11NO. The third-order valence-electron chi connectivity index (χ3n) is 1.47. The molecule has 0 aromatic heterocycles.